The molecule has 1 aliphatic heterocycles. The van der Waals surface area contributed by atoms with E-state index in [0.717, 1.165) is 25.5 Å². The van der Waals surface area contributed by atoms with E-state index < -0.39 is 21.4 Å². The van der Waals surface area contributed by atoms with Crippen LogP contribution in [0, 0.1) is 5.92 Å². The molecule has 1 atom stereocenters. The molecule has 0 N–H and O–H groups in total. The fraction of sp³-hybridized carbons (Fsp3) is 0.533. The van der Waals surface area contributed by atoms with Gasteiger partial charge in [-0.05, 0) is 37.5 Å². The highest BCUT2D eigenvalue weighted by Crippen LogP contribution is 2.49. The monoisotopic (exact) mass is 344 g/mol. The van der Waals surface area contributed by atoms with Gasteiger partial charge in [-0.2, -0.15) is 0 Å². The van der Waals surface area contributed by atoms with E-state index in [1.54, 1.807) is 0 Å². The number of hydrogen-bond donors (Lipinski definition) is 0. The zero-order valence-corrected chi connectivity index (χ0v) is 13.7. The first kappa shape index (κ1) is 15.8. The molecule has 0 unspecified atom stereocenters. The molecule has 120 valence electrons. The van der Waals surface area contributed by atoms with Gasteiger partial charge >= 0.3 is 5.97 Å². The number of rotatable bonds is 4. The van der Waals surface area contributed by atoms with E-state index in [2.05, 4.69) is 0 Å². The molecule has 1 heterocycles. The summed E-state index contributed by atoms with van der Waals surface area (Å²) in [5, 5.41) is 0.101. The minimum atomic E-state index is -3.49. The van der Waals surface area contributed by atoms with Crippen molar-refractivity contribution in [2.45, 2.75) is 29.8 Å². The Morgan fingerprint density at radius 2 is 2.14 bits per heavy atom. The van der Waals surface area contributed by atoms with Crippen LogP contribution in [0.1, 0.15) is 29.6 Å². The van der Waals surface area contributed by atoms with Crippen LogP contribution in [0.25, 0.3) is 0 Å². The summed E-state index contributed by atoms with van der Waals surface area (Å²) in [4.78, 5) is 12.3. The molecule has 0 spiro atoms. The summed E-state index contributed by atoms with van der Waals surface area (Å²) in [5.41, 5.74) is -0.228. The lowest BCUT2D eigenvalue weighted by Gasteiger charge is -2.22. The normalized spacial score (nSPS) is 23.3. The molecule has 3 rings (SSSR count). The summed E-state index contributed by atoms with van der Waals surface area (Å²) in [7, 11) is -3.49. The lowest BCUT2D eigenvalue weighted by Crippen LogP contribution is -2.29. The van der Waals surface area contributed by atoms with Gasteiger partial charge in [-0.15, -0.1) is 0 Å². The van der Waals surface area contributed by atoms with Gasteiger partial charge in [0.05, 0.1) is 22.1 Å². The third-order valence-electron chi connectivity index (χ3n) is 4.28. The molecule has 1 aromatic carbocycles. The molecule has 0 radical (unpaired) electrons. The van der Waals surface area contributed by atoms with Crippen molar-refractivity contribution in [3.63, 3.8) is 0 Å². The number of esters is 1. The van der Waals surface area contributed by atoms with Crippen LogP contribution in [0.4, 0.5) is 0 Å². The third kappa shape index (κ3) is 3.00. The second kappa shape index (κ2) is 5.51. The number of benzene rings is 1. The van der Waals surface area contributed by atoms with Crippen molar-refractivity contribution in [2.24, 2.45) is 5.92 Å². The maximum Gasteiger partial charge on any atom is 0.338 e. The molecule has 7 heteroatoms. The highest BCUT2D eigenvalue weighted by atomic mass is 35.5. The Morgan fingerprint density at radius 1 is 1.41 bits per heavy atom. The molecule has 0 bridgehead atoms. The summed E-state index contributed by atoms with van der Waals surface area (Å²) in [6.07, 6.45) is 3.61. The maximum atomic E-state index is 12.3. The van der Waals surface area contributed by atoms with E-state index in [-0.39, 0.29) is 21.4 Å². The Balaban J connectivity index is 1.81. The van der Waals surface area contributed by atoms with E-state index in [0.29, 0.717) is 13.2 Å². The minimum Gasteiger partial charge on any atom is -0.455 e. The number of carbonyl (C=O) groups is 1. The van der Waals surface area contributed by atoms with E-state index in [9.17, 15) is 13.2 Å². The molecule has 2 fully saturated rings. The average molecular weight is 345 g/mol. The molecule has 2 aliphatic rings. The maximum absolute atomic E-state index is 12.3. The zero-order valence-electron chi connectivity index (χ0n) is 12.2. The number of carbonyl (C=O) groups excluding carboxylic acids is 1. The molecule has 1 aliphatic carbocycles. The van der Waals surface area contributed by atoms with Crippen molar-refractivity contribution in [3.05, 3.63) is 28.8 Å². The molecule has 5 nitrogen and oxygen atoms in total. The fourth-order valence-electron chi connectivity index (χ4n) is 2.82. The molecule has 0 amide bonds. The standard InChI is InChI=1S/C15H17ClO5S/c1-22(18,19)13-8-10(2-3-12(13)16)14(17)21-15(5-6-15)11-4-7-20-9-11/h2-3,8,11H,4-7,9H2,1H3/t11-/m1/s1. The van der Waals surface area contributed by atoms with Gasteiger partial charge in [-0.1, -0.05) is 11.6 Å². The van der Waals surface area contributed by atoms with Gasteiger partial charge in [-0.25, -0.2) is 13.2 Å². The van der Waals surface area contributed by atoms with E-state index in [4.69, 9.17) is 21.1 Å². The van der Waals surface area contributed by atoms with E-state index >= 15 is 0 Å². The van der Waals surface area contributed by atoms with Gasteiger partial charge in [0, 0.05) is 18.8 Å². The minimum absolute atomic E-state index is 0.0577. The van der Waals surface area contributed by atoms with Crippen LogP contribution < -0.4 is 0 Å². The van der Waals surface area contributed by atoms with E-state index in [1.165, 1.54) is 18.2 Å². The number of halogens is 1. The lowest BCUT2D eigenvalue weighted by atomic mass is 9.99. The van der Waals surface area contributed by atoms with Gasteiger partial charge < -0.3 is 9.47 Å². The molecular formula is C15H17ClO5S. The zero-order chi connectivity index (χ0) is 16.0. The highest BCUT2D eigenvalue weighted by Gasteiger charge is 2.54. The predicted molar refractivity (Wildman–Crippen MR) is 80.9 cm³/mol. The first-order valence-corrected chi connectivity index (χ1v) is 9.39. The Bertz CT molecular complexity index is 703. The van der Waals surface area contributed by atoms with Crippen LogP contribution in [0.5, 0.6) is 0 Å². The van der Waals surface area contributed by atoms with Crippen molar-refractivity contribution < 1.29 is 22.7 Å². The second-order valence-electron chi connectivity index (χ2n) is 5.93. The summed E-state index contributed by atoms with van der Waals surface area (Å²) in [6, 6.07) is 4.18. The Morgan fingerprint density at radius 3 is 2.68 bits per heavy atom. The number of sulfone groups is 1. The summed E-state index contributed by atoms with van der Waals surface area (Å²) >= 11 is 5.89. The van der Waals surface area contributed by atoms with Crippen molar-refractivity contribution in [2.75, 3.05) is 19.5 Å². The van der Waals surface area contributed by atoms with Crippen LogP contribution in [-0.4, -0.2) is 39.5 Å². The SMILES string of the molecule is CS(=O)(=O)c1cc(C(=O)OC2([C@@H]3CCOC3)CC2)ccc1Cl. The van der Waals surface area contributed by atoms with Crippen molar-refractivity contribution in [1.29, 1.82) is 0 Å². The molecule has 22 heavy (non-hydrogen) atoms. The van der Waals surface area contributed by atoms with Crippen LogP contribution in [0.3, 0.4) is 0 Å². The Hall–Kier alpha value is -1.11. The van der Waals surface area contributed by atoms with Crippen LogP contribution in [0.15, 0.2) is 23.1 Å². The topological polar surface area (TPSA) is 69.7 Å². The van der Waals surface area contributed by atoms with Crippen molar-refractivity contribution in [1.82, 2.24) is 0 Å². The summed E-state index contributed by atoms with van der Waals surface area (Å²) < 4.78 is 34.4. The van der Waals surface area contributed by atoms with Crippen LogP contribution in [0.2, 0.25) is 5.02 Å². The molecule has 1 saturated heterocycles. The second-order valence-corrected chi connectivity index (χ2v) is 8.32. The largest absolute Gasteiger partial charge is 0.455 e. The smallest absolute Gasteiger partial charge is 0.338 e. The Labute approximate surface area is 134 Å². The highest BCUT2D eigenvalue weighted by molar-refractivity contribution is 7.90. The first-order valence-electron chi connectivity index (χ1n) is 7.12. The predicted octanol–water partition coefficient (Wildman–Crippen LogP) is 2.47. The number of hydrogen-bond acceptors (Lipinski definition) is 5. The first-order chi connectivity index (χ1) is 10.3. The van der Waals surface area contributed by atoms with Crippen molar-refractivity contribution in [3.8, 4) is 0 Å². The van der Waals surface area contributed by atoms with Gasteiger partial charge in [0.25, 0.3) is 0 Å². The molecular weight excluding hydrogens is 328 g/mol. The lowest BCUT2D eigenvalue weighted by molar-refractivity contribution is 0.000812. The molecule has 1 saturated carbocycles. The molecule has 0 aromatic heterocycles. The summed E-state index contributed by atoms with van der Waals surface area (Å²) in [5.74, 6) is -0.274. The fourth-order valence-corrected chi connectivity index (χ4v) is 4.13. The van der Waals surface area contributed by atoms with E-state index in [1.807, 2.05) is 0 Å². The average Bonchev–Trinajstić information content (AvgIpc) is 3.01. The van der Waals surface area contributed by atoms with Gasteiger partial charge in [0.2, 0.25) is 0 Å². The number of ether oxygens (including phenoxy) is 2. The van der Waals surface area contributed by atoms with Gasteiger partial charge in [0.1, 0.15) is 5.60 Å². The quantitative estimate of drug-likeness (QED) is 0.785. The van der Waals surface area contributed by atoms with Gasteiger partial charge in [-0.3, -0.25) is 0 Å². The van der Waals surface area contributed by atoms with Crippen molar-refractivity contribution >= 4 is 27.4 Å². The molecule has 1 aromatic rings. The third-order valence-corrected chi connectivity index (χ3v) is 5.86. The van der Waals surface area contributed by atoms with Crippen LogP contribution in [-0.2, 0) is 19.3 Å². The Kier molecular flexibility index (Phi) is 3.95. The summed E-state index contributed by atoms with van der Waals surface area (Å²) in [6.45, 7) is 1.31. The van der Waals surface area contributed by atoms with Crippen LogP contribution >= 0.6 is 11.6 Å². The van der Waals surface area contributed by atoms with Gasteiger partial charge in [0.15, 0.2) is 9.84 Å².